The van der Waals surface area contributed by atoms with E-state index < -0.39 is 13.0 Å². The fourth-order valence-corrected chi connectivity index (χ4v) is 0.589. The Morgan fingerprint density at radius 1 is 1.45 bits per heavy atom. The third kappa shape index (κ3) is 5.09. The molecule has 0 unspecified atom stereocenters. The predicted molar refractivity (Wildman–Crippen MR) is 40.0 cm³/mol. The molecule has 0 aromatic heterocycles. The molecular weight excluding hydrogens is 152 g/mol. The van der Waals surface area contributed by atoms with Gasteiger partial charge in [-0.15, -0.1) is 0 Å². The molecule has 1 N–H and O–H groups in total. The minimum absolute atomic E-state index is 0.0269. The van der Waals surface area contributed by atoms with Crippen LogP contribution in [0.25, 0.3) is 0 Å². The van der Waals surface area contributed by atoms with Crippen molar-refractivity contribution in [2.75, 3.05) is 19.7 Å². The highest BCUT2D eigenvalue weighted by Crippen LogP contribution is 2.01. The van der Waals surface area contributed by atoms with Gasteiger partial charge >= 0.3 is 0 Å². The molecule has 0 amide bonds. The van der Waals surface area contributed by atoms with Crippen LogP contribution in [0, 0.1) is 0 Å². The number of hydrogen-bond acceptors (Lipinski definition) is 2. The highest BCUT2D eigenvalue weighted by Gasteiger charge is 2.18. The molecule has 0 aromatic carbocycles. The largest absolute Gasteiger partial charge is 0.370 e. The summed E-state index contributed by atoms with van der Waals surface area (Å²) in [7, 11) is 0. The fourth-order valence-electron chi connectivity index (χ4n) is 0.589. The molecule has 1 aliphatic rings. The van der Waals surface area contributed by atoms with E-state index in [2.05, 4.69) is 5.32 Å². The quantitative estimate of drug-likeness (QED) is 0.683. The summed E-state index contributed by atoms with van der Waals surface area (Å²) < 4.78 is 27.5. The standard InChI is InChI=1S/C5H9F2NO.C2H6/c6-5(7)3-9-4-1-8-2-4;1-2/h4-5,8H,1-3H2;1-2H3. The summed E-state index contributed by atoms with van der Waals surface area (Å²) in [5, 5.41) is 2.92. The first-order chi connectivity index (χ1) is 5.29. The Hall–Kier alpha value is -0.220. The van der Waals surface area contributed by atoms with E-state index in [4.69, 9.17) is 4.74 Å². The van der Waals surface area contributed by atoms with E-state index in [9.17, 15) is 8.78 Å². The minimum atomic E-state index is -2.33. The Labute approximate surface area is 65.9 Å². The molecule has 0 spiro atoms. The molecule has 1 aliphatic heterocycles. The molecule has 1 fully saturated rings. The number of halogens is 2. The predicted octanol–water partition coefficient (Wildman–Crippen LogP) is 1.27. The zero-order chi connectivity index (χ0) is 8.69. The van der Waals surface area contributed by atoms with Gasteiger partial charge in [0.25, 0.3) is 6.43 Å². The molecule has 0 saturated carbocycles. The molecule has 0 aromatic rings. The Morgan fingerprint density at radius 3 is 2.27 bits per heavy atom. The summed E-state index contributed by atoms with van der Waals surface area (Å²) in [6.07, 6.45) is -2.30. The number of alkyl halides is 2. The summed E-state index contributed by atoms with van der Waals surface area (Å²) in [5.74, 6) is 0. The first kappa shape index (κ1) is 10.8. The topological polar surface area (TPSA) is 21.3 Å². The van der Waals surface area contributed by atoms with Gasteiger partial charge in [-0.3, -0.25) is 0 Å². The van der Waals surface area contributed by atoms with Crippen LogP contribution < -0.4 is 5.32 Å². The molecule has 0 atom stereocenters. The van der Waals surface area contributed by atoms with E-state index in [1.807, 2.05) is 13.8 Å². The molecule has 2 nitrogen and oxygen atoms in total. The van der Waals surface area contributed by atoms with Gasteiger partial charge in [0.15, 0.2) is 0 Å². The van der Waals surface area contributed by atoms with Crippen LogP contribution in [0.4, 0.5) is 8.78 Å². The van der Waals surface area contributed by atoms with E-state index in [0.29, 0.717) is 13.1 Å². The lowest BCUT2D eigenvalue weighted by molar-refractivity contribution is -0.0422. The van der Waals surface area contributed by atoms with Crippen molar-refractivity contribution >= 4 is 0 Å². The molecular formula is C7H15F2NO. The van der Waals surface area contributed by atoms with Crippen LogP contribution in [0.1, 0.15) is 13.8 Å². The van der Waals surface area contributed by atoms with Gasteiger partial charge < -0.3 is 10.1 Å². The van der Waals surface area contributed by atoms with Crippen LogP contribution in [-0.4, -0.2) is 32.2 Å². The van der Waals surface area contributed by atoms with Crippen LogP contribution in [0.5, 0.6) is 0 Å². The first-order valence-corrected chi connectivity index (χ1v) is 3.89. The summed E-state index contributed by atoms with van der Waals surface area (Å²) in [6, 6.07) is 0. The van der Waals surface area contributed by atoms with Gasteiger partial charge in [-0.05, 0) is 0 Å². The van der Waals surface area contributed by atoms with Crippen LogP contribution in [0.15, 0.2) is 0 Å². The molecule has 4 heteroatoms. The normalized spacial score (nSPS) is 17.2. The molecule has 0 radical (unpaired) electrons. The molecule has 68 valence electrons. The Morgan fingerprint density at radius 2 is 2.00 bits per heavy atom. The van der Waals surface area contributed by atoms with E-state index >= 15 is 0 Å². The average Bonchev–Trinajstić information content (AvgIpc) is 1.88. The third-order valence-corrected chi connectivity index (χ3v) is 1.20. The van der Waals surface area contributed by atoms with Crippen molar-refractivity contribution in [3.63, 3.8) is 0 Å². The second kappa shape index (κ2) is 6.49. The van der Waals surface area contributed by atoms with E-state index in [-0.39, 0.29) is 6.10 Å². The Balaban J connectivity index is 0.000000461. The zero-order valence-corrected chi connectivity index (χ0v) is 6.94. The van der Waals surface area contributed by atoms with E-state index in [1.165, 1.54) is 0 Å². The number of ether oxygens (including phenoxy) is 1. The molecule has 0 aliphatic carbocycles. The summed E-state index contributed by atoms with van der Waals surface area (Å²) in [4.78, 5) is 0. The Kier molecular flexibility index (Phi) is 6.36. The van der Waals surface area contributed by atoms with Crippen molar-refractivity contribution in [3.05, 3.63) is 0 Å². The van der Waals surface area contributed by atoms with Crippen molar-refractivity contribution in [2.45, 2.75) is 26.4 Å². The van der Waals surface area contributed by atoms with Gasteiger partial charge in [0.05, 0.1) is 6.10 Å². The monoisotopic (exact) mass is 167 g/mol. The van der Waals surface area contributed by atoms with Crippen LogP contribution in [0.2, 0.25) is 0 Å². The fraction of sp³-hybridized carbons (Fsp3) is 1.00. The van der Waals surface area contributed by atoms with Crippen LogP contribution in [-0.2, 0) is 4.74 Å². The average molecular weight is 167 g/mol. The maximum absolute atomic E-state index is 11.4. The SMILES string of the molecule is CC.FC(F)COC1CNC1. The van der Waals surface area contributed by atoms with Gasteiger partial charge in [-0.2, -0.15) is 0 Å². The van der Waals surface area contributed by atoms with Crippen molar-refractivity contribution in [2.24, 2.45) is 0 Å². The van der Waals surface area contributed by atoms with Gasteiger partial charge in [0.2, 0.25) is 0 Å². The Bertz CT molecular complexity index is 86.5. The second-order valence-corrected chi connectivity index (χ2v) is 2.00. The van der Waals surface area contributed by atoms with Gasteiger partial charge in [-0.1, -0.05) is 13.8 Å². The van der Waals surface area contributed by atoms with Gasteiger partial charge in [0, 0.05) is 13.1 Å². The van der Waals surface area contributed by atoms with Crippen molar-refractivity contribution in [1.29, 1.82) is 0 Å². The van der Waals surface area contributed by atoms with Crippen molar-refractivity contribution in [1.82, 2.24) is 5.32 Å². The summed E-state index contributed by atoms with van der Waals surface area (Å²) >= 11 is 0. The maximum atomic E-state index is 11.4. The highest BCUT2D eigenvalue weighted by atomic mass is 19.3. The van der Waals surface area contributed by atoms with Gasteiger partial charge in [-0.25, -0.2) is 8.78 Å². The first-order valence-electron chi connectivity index (χ1n) is 3.89. The number of nitrogens with one attached hydrogen (secondary N) is 1. The molecule has 1 saturated heterocycles. The molecule has 0 bridgehead atoms. The lowest BCUT2D eigenvalue weighted by Gasteiger charge is -2.26. The van der Waals surface area contributed by atoms with Crippen LogP contribution >= 0.6 is 0 Å². The number of rotatable bonds is 3. The third-order valence-electron chi connectivity index (χ3n) is 1.20. The smallest absolute Gasteiger partial charge is 0.261 e. The lowest BCUT2D eigenvalue weighted by atomic mass is 10.2. The van der Waals surface area contributed by atoms with E-state index in [0.717, 1.165) is 0 Å². The molecule has 1 rings (SSSR count). The molecule has 1 heterocycles. The molecule has 11 heavy (non-hydrogen) atoms. The minimum Gasteiger partial charge on any atom is -0.370 e. The van der Waals surface area contributed by atoms with E-state index in [1.54, 1.807) is 0 Å². The zero-order valence-electron chi connectivity index (χ0n) is 6.94. The number of hydrogen-bond donors (Lipinski definition) is 1. The highest BCUT2D eigenvalue weighted by molar-refractivity contribution is 4.74. The van der Waals surface area contributed by atoms with Crippen LogP contribution in [0.3, 0.4) is 0 Å². The van der Waals surface area contributed by atoms with Crippen molar-refractivity contribution < 1.29 is 13.5 Å². The van der Waals surface area contributed by atoms with Gasteiger partial charge in [0.1, 0.15) is 6.61 Å². The maximum Gasteiger partial charge on any atom is 0.261 e. The lowest BCUT2D eigenvalue weighted by Crippen LogP contribution is -2.48. The second-order valence-electron chi connectivity index (χ2n) is 2.00. The van der Waals surface area contributed by atoms with Crippen molar-refractivity contribution in [3.8, 4) is 0 Å². The summed E-state index contributed by atoms with van der Waals surface area (Å²) in [5.41, 5.74) is 0. The summed E-state index contributed by atoms with van der Waals surface area (Å²) in [6.45, 7) is 5.01.